The third-order valence-corrected chi connectivity index (χ3v) is 4.10. The minimum Gasteiger partial charge on any atom is -0.384 e. The molecule has 0 aliphatic heterocycles. The van der Waals surface area contributed by atoms with Crippen LogP contribution >= 0.6 is 27.7 Å². The van der Waals surface area contributed by atoms with E-state index in [1.165, 1.54) is 12.1 Å². The molecule has 2 aromatic rings. The average Bonchev–Trinajstić information content (AvgIpc) is 2.44. The van der Waals surface area contributed by atoms with Crippen molar-refractivity contribution in [1.82, 2.24) is 0 Å². The van der Waals surface area contributed by atoms with Crippen LogP contribution in [0, 0.1) is 17.7 Å². The molecule has 1 N–H and O–H groups in total. The SMILES string of the molecule is OCC#Cc1cc(F)ccc1CSc1cccc(Br)c1. The second kappa shape index (κ2) is 7.49. The van der Waals surface area contributed by atoms with Crippen molar-refractivity contribution in [2.75, 3.05) is 6.61 Å². The molecular formula is C16H12BrFOS. The van der Waals surface area contributed by atoms with Gasteiger partial charge in [0.25, 0.3) is 0 Å². The molecule has 20 heavy (non-hydrogen) atoms. The Morgan fingerprint density at radius 1 is 1.20 bits per heavy atom. The highest BCUT2D eigenvalue weighted by molar-refractivity contribution is 9.10. The van der Waals surface area contributed by atoms with Gasteiger partial charge in [-0.25, -0.2) is 4.39 Å². The van der Waals surface area contributed by atoms with Gasteiger partial charge in [-0.2, -0.15) is 0 Å². The lowest BCUT2D eigenvalue weighted by Crippen LogP contribution is -1.90. The molecule has 0 saturated carbocycles. The number of aliphatic hydroxyl groups is 1. The van der Waals surface area contributed by atoms with Crippen molar-refractivity contribution in [1.29, 1.82) is 0 Å². The van der Waals surface area contributed by atoms with Gasteiger partial charge < -0.3 is 5.11 Å². The molecule has 0 saturated heterocycles. The van der Waals surface area contributed by atoms with Gasteiger partial charge in [-0.05, 0) is 35.9 Å². The second-order valence-electron chi connectivity index (χ2n) is 4.01. The Labute approximate surface area is 130 Å². The fraction of sp³-hybridized carbons (Fsp3) is 0.125. The van der Waals surface area contributed by atoms with Crippen LogP contribution in [0.4, 0.5) is 4.39 Å². The Balaban J connectivity index is 2.16. The van der Waals surface area contributed by atoms with E-state index in [-0.39, 0.29) is 12.4 Å². The van der Waals surface area contributed by atoms with E-state index in [0.29, 0.717) is 11.3 Å². The largest absolute Gasteiger partial charge is 0.384 e. The maximum Gasteiger partial charge on any atom is 0.124 e. The third kappa shape index (κ3) is 4.38. The van der Waals surface area contributed by atoms with E-state index in [1.807, 2.05) is 24.3 Å². The Bertz CT molecular complexity index is 661. The van der Waals surface area contributed by atoms with Crippen molar-refractivity contribution < 1.29 is 9.50 Å². The Morgan fingerprint density at radius 2 is 2.05 bits per heavy atom. The zero-order valence-electron chi connectivity index (χ0n) is 10.6. The summed E-state index contributed by atoms with van der Waals surface area (Å²) in [6.45, 7) is -0.227. The summed E-state index contributed by atoms with van der Waals surface area (Å²) in [5.74, 6) is 5.73. The summed E-state index contributed by atoms with van der Waals surface area (Å²) in [5.41, 5.74) is 1.58. The van der Waals surface area contributed by atoms with Crippen LogP contribution in [0.3, 0.4) is 0 Å². The topological polar surface area (TPSA) is 20.2 Å². The zero-order valence-corrected chi connectivity index (χ0v) is 13.0. The number of rotatable bonds is 3. The lowest BCUT2D eigenvalue weighted by atomic mass is 10.1. The molecule has 0 aromatic heterocycles. The van der Waals surface area contributed by atoms with Gasteiger partial charge in [0.1, 0.15) is 12.4 Å². The fourth-order valence-electron chi connectivity index (χ4n) is 1.64. The molecule has 0 radical (unpaired) electrons. The highest BCUT2D eigenvalue weighted by Gasteiger charge is 2.04. The smallest absolute Gasteiger partial charge is 0.124 e. The zero-order chi connectivity index (χ0) is 14.4. The lowest BCUT2D eigenvalue weighted by molar-refractivity contribution is 0.350. The highest BCUT2D eigenvalue weighted by Crippen LogP contribution is 2.26. The Hall–Kier alpha value is -1.28. The predicted molar refractivity (Wildman–Crippen MR) is 84.1 cm³/mol. The first kappa shape index (κ1) is 15.1. The highest BCUT2D eigenvalue weighted by atomic mass is 79.9. The summed E-state index contributed by atoms with van der Waals surface area (Å²) in [5, 5.41) is 8.75. The summed E-state index contributed by atoms with van der Waals surface area (Å²) in [7, 11) is 0. The van der Waals surface area contributed by atoms with Gasteiger partial charge >= 0.3 is 0 Å². The standard InChI is InChI=1S/C16H12BrFOS/c17-14-4-1-5-16(10-14)20-11-13-6-7-15(18)9-12(13)3-2-8-19/h1,4-7,9-10,19H,8,11H2. The molecule has 0 aliphatic rings. The second-order valence-corrected chi connectivity index (χ2v) is 5.97. The van der Waals surface area contributed by atoms with Crippen molar-refractivity contribution in [3.63, 3.8) is 0 Å². The van der Waals surface area contributed by atoms with Gasteiger partial charge in [0, 0.05) is 20.7 Å². The van der Waals surface area contributed by atoms with Crippen LogP contribution in [0.2, 0.25) is 0 Å². The van der Waals surface area contributed by atoms with Crippen molar-refractivity contribution in [3.05, 3.63) is 63.9 Å². The molecule has 0 fully saturated rings. The predicted octanol–water partition coefficient (Wildman–Crippen LogP) is 4.22. The van der Waals surface area contributed by atoms with E-state index < -0.39 is 0 Å². The van der Waals surface area contributed by atoms with E-state index >= 15 is 0 Å². The molecule has 0 bridgehead atoms. The van der Waals surface area contributed by atoms with Crippen molar-refractivity contribution in [2.24, 2.45) is 0 Å². The Kier molecular flexibility index (Phi) is 5.66. The molecule has 102 valence electrons. The number of hydrogen-bond donors (Lipinski definition) is 1. The molecular weight excluding hydrogens is 339 g/mol. The van der Waals surface area contributed by atoms with Crippen LogP contribution in [0.25, 0.3) is 0 Å². The van der Waals surface area contributed by atoms with Gasteiger partial charge in [0.2, 0.25) is 0 Å². The van der Waals surface area contributed by atoms with Gasteiger partial charge in [0.15, 0.2) is 0 Å². The van der Waals surface area contributed by atoms with E-state index in [0.717, 1.165) is 14.9 Å². The number of benzene rings is 2. The van der Waals surface area contributed by atoms with Gasteiger partial charge in [0.05, 0.1) is 0 Å². The van der Waals surface area contributed by atoms with Crippen LogP contribution in [0.1, 0.15) is 11.1 Å². The van der Waals surface area contributed by atoms with Gasteiger partial charge in [-0.1, -0.05) is 39.9 Å². The molecule has 1 nitrogen and oxygen atoms in total. The van der Waals surface area contributed by atoms with E-state index in [9.17, 15) is 4.39 Å². The van der Waals surface area contributed by atoms with Crippen LogP contribution < -0.4 is 0 Å². The molecule has 0 heterocycles. The maximum absolute atomic E-state index is 13.2. The summed E-state index contributed by atoms with van der Waals surface area (Å²) >= 11 is 5.09. The summed E-state index contributed by atoms with van der Waals surface area (Å²) in [4.78, 5) is 1.13. The fourth-order valence-corrected chi connectivity index (χ4v) is 3.15. The minimum atomic E-state index is -0.316. The van der Waals surface area contributed by atoms with E-state index in [2.05, 4.69) is 27.8 Å². The number of halogens is 2. The number of thioether (sulfide) groups is 1. The minimum absolute atomic E-state index is 0.227. The lowest BCUT2D eigenvalue weighted by Gasteiger charge is -2.05. The van der Waals surface area contributed by atoms with Crippen LogP contribution in [0.15, 0.2) is 51.8 Å². The summed E-state index contributed by atoms with van der Waals surface area (Å²) < 4.78 is 14.3. The third-order valence-electron chi connectivity index (χ3n) is 2.56. The monoisotopic (exact) mass is 350 g/mol. The quantitative estimate of drug-likeness (QED) is 0.660. The first-order valence-electron chi connectivity index (χ1n) is 5.95. The van der Waals surface area contributed by atoms with Crippen LogP contribution in [0.5, 0.6) is 0 Å². The molecule has 0 unspecified atom stereocenters. The van der Waals surface area contributed by atoms with Crippen molar-refractivity contribution in [2.45, 2.75) is 10.6 Å². The van der Waals surface area contributed by atoms with Crippen molar-refractivity contribution in [3.8, 4) is 11.8 Å². The van der Waals surface area contributed by atoms with Crippen molar-refractivity contribution >= 4 is 27.7 Å². The van der Waals surface area contributed by atoms with Crippen LogP contribution in [-0.4, -0.2) is 11.7 Å². The number of hydrogen-bond acceptors (Lipinski definition) is 2. The molecule has 2 rings (SSSR count). The Morgan fingerprint density at radius 3 is 2.80 bits per heavy atom. The molecule has 2 aromatic carbocycles. The normalized spacial score (nSPS) is 9.95. The first-order valence-corrected chi connectivity index (χ1v) is 7.73. The van der Waals surface area contributed by atoms with E-state index in [4.69, 9.17) is 5.11 Å². The summed E-state index contributed by atoms with van der Waals surface area (Å²) in [6, 6.07) is 12.6. The van der Waals surface area contributed by atoms with Gasteiger partial charge in [-0.15, -0.1) is 11.8 Å². The molecule has 4 heteroatoms. The molecule has 0 aliphatic carbocycles. The number of aliphatic hydroxyl groups excluding tert-OH is 1. The first-order chi connectivity index (χ1) is 9.69. The van der Waals surface area contributed by atoms with E-state index in [1.54, 1.807) is 17.8 Å². The molecule has 0 atom stereocenters. The molecule has 0 spiro atoms. The average molecular weight is 351 g/mol. The van der Waals surface area contributed by atoms with Gasteiger partial charge in [-0.3, -0.25) is 0 Å². The van der Waals surface area contributed by atoms with Crippen LogP contribution in [-0.2, 0) is 5.75 Å². The maximum atomic E-state index is 13.2. The summed E-state index contributed by atoms with van der Waals surface area (Å²) in [6.07, 6.45) is 0. The molecule has 0 amide bonds.